The van der Waals surface area contributed by atoms with Gasteiger partial charge in [0.15, 0.2) is 0 Å². The van der Waals surface area contributed by atoms with Gasteiger partial charge in [0.25, 0.3) is 5.56 Å². The van der Waals surface area contributed by atoms with Gasteiger partial charge in [0.05, 0.1) is 11.1 Å². The Morgan fingerprint density at radius 3 is 2.45 bits per heavy atom. The summed E-state index contributed by atoms with van der Waals surface area (Å²) in [7, 11) is 0. The van der Waals surface area contributed by atoms with Gasteiger partial charge in [-0.1, -0.05) is 26.0 Å². The fourth-order valence-electron chi connectivity index (χ4n) is 2.23. The zero-order valence-electron chi connectivity index (χ0n) is 11.2. The molecule has 2 rings (SSSR count). The molecule has 0 saturated carbocycles. The van der Waals surface area contributed by atoms with Crippen LogP contribution in [0.25, 0.3) is 10.9 Å². The average Bonchev–Trinajstić information content (AvgIpc) is 2.32. The number of benzene rings is 1. The fourth-order valence-corrected chi connectivity index (χ4v) is 2.23. The van der Waals surface area contributed by atoms with E-state index in [1.54, 1.807) is 12.1 Å². The van der Waals surface area contributed by atoms with E-state index in [0.29, 0.717) is 18.4 Å². The van der Waals surface area contributed by atoms with E-state index in [2.05, 4.69) is 0 Å². The summed E-state index contributed by atoms with van der Waals surface area (Å²) >= 11 is 0. The smallest absolute Gasteiger partial charge is 0.336 e. The Bertz CT molecular complexity index is 702. The Morgan fingerprint density at radius 2 is 1.90 bits per heavy atom. The van der Waals surface area contributed by atoms with Crippen LogP contribution in [0, 0.1) is 5.92 Å². The highest BCUT2D eigenvalue weighted by Crippen LogP contribution is 2.33. The van der Waals surface area contributed by atoms with E-state index < -0.39 is 17.3 Å². The van der Waals surface area contributed by atoms with Crippen LogP contribution in [0.3, 0.4) is 0 Å². The van der Waals surface area contributed by atoms with Gasteiger partial charge in [-0.3, -0.25) is 4.79 Å². The highest BCUT2D eigenvalue weighted by atomic mass is 19.4. The standard InChI is InChI=1S/C14H15F3N2O/c1-8(2)5-9-3-4-10-11(14(15,16)17)7-13(20)19(18)12(10)6-9/h3-4,6-8H,5,18H2,1-2H3. The predicted octanol–water partition coefficient (Wildman–Crippen LogP) is 2.93. The molecule has 2 N–H and O–H groups in total. The van der Waals surface area contributed by atoms with E-state index in [4.69, 9.17) is 5.84 Å². The molecule has 0 atom stereocenters. The topological polar surface area (TPSA) is 48.0 Å². The fraction of sp³-hybridized carbons (Fsp3) is 0.357. The van der Waals surface area contributed by atoms with Crippen LogP contribution >= 0.6 is 0 Å². The lowest BCUT2D eigenvalue weighted by Crippen LogP contribution is -2.29. The number of pyridine rings is 1. The minimum atomic E-state index is -4.58. The van der Waals surface area contributed by atoms with Crippen LogP contribution in [0.1, 0.15) is 25.0 Å². The van der Waals surface area contributed by atoms with Crippen molar-refractivity contribution in [1.29, 1.82) is 0 Å². The molecular formula is C14H15F3N2O. The maximum atomic E-state index is 13.0. The van der Waals surface area contributed by atoms with Gasteiger partial charge in [-0.05, 0) is 24.0 Å². The number of rotatable bonds is 2. The highest BCUT2D eigenvalue weighted by Gasteiger charge is 2.33. The van der Waals surface area contributed by atoms with Crippen molar-refractivity contribution in [3.8, 4) is 0 Å². The van der Waals surface area contributed by atoms with Crippen LogP contribution in [0.15, 0.2) is 29.1 Å². The number of halogens is 3. The summed E-state index contributed by atoms with van der Waals surface area (Å²) < 4.78 is 39.6. The van der Waals surface area contributed by atoms with Gasteiger partial charge in [0.1, 0.15) is 0 Å². The first-order chi connectivity index (χ1) is 9.20. The van der Waals surface area contributed by atoms with Crippen LogP contribution in [-0.2, 0) is 12.6 Å². The minimum absolute atomic E-state index is 0.0629. The van der Waals surface area contributed by atoms with Crippen molar-refractivity contribution in [3.63, 3.8) is 0 Å². The third-order valence-electron chi connectivity index (χ3n) is 3.07. The predicted molar refractivity (Wildman–Crippen MR) is 71.9 cm³/mol. The second-order valence-electron chi connectivity index (χ2n) is 5.21. The van der Waals surface area contributed by atoms with E-state index >= 15 is 0 Å². The molecule has 0 bridgehead atoms. The van der Waals surface area contributed by atoms with Crippen molar-refractivity contribution < 1.29 is 13.2 Å². The van der Waals surface area contributed by atoms with Crippen molar-refractivity contribution in [2.45, 2.75) is 26.4 Å². The number of fused-ring (bicyclic) bond motifs is 1. The monoisotopic (exact) mass is 284 g/mol. The summed E-state index contributed by atoms with van der Waals surface area (Å²) in [5.41, 5.74) is -0.866. The summed E-state index contributed by atoms with van der Waals surface area (Å²) in [4.78, 5) is 11.6. The van der Waals surface area contributed by atoms with Crippen molar-refractivity contribution in [2.75, 3.05) is 5.84 Å². The molecule has 108 valence electrons. The van der Waals surface area contributed by atoms with E-state index in [1.165, 1.54) is 6.07 Å². The first-order valence-corrected chi connectivity index (χ1v) is 6.21. The summed E-state index contributed by atoms with van der Waals surface area (Å²) in [5.74, 6) is 5.92. The minimum Gasteiger partial charge on any atom is -0.336 e. The second kappa shape index (κ2) is 4.85. The van der Waals surface area contributed by atoms with Gasteiger partial charge in [-0.2, -0.15) is 13.2 Å². The van der Waals surface area contributed by atoms with Crippen LogP contribution in [0.5, 0.6) is 0 Å². The maximum Gasteiger partial charge on any atom is 0.417 e. The lowest BCUT2D eigenvalue weighted by atomic mass is 10.00. The molecule has 1 aromatic carbocycles. The molecule has 20 heavy (non-hydrogen) atoms. The number of nitrogen functional groups attached to an aromatic ring is 1. The Hall–Kier alpha value is -1.98. The second-order valence-corrected chi connectivity index (χ2v) is 5.21. The molecule has 2 aromatic rings. The van der Waals surface area contributed by atoms with Gasteiger partial charge >= 0.3 is 6.18 Å². The third-order valence-corrected chi connectivity index (χ3v) is 3.07. The van der Waals surface area contributed by atoms with Gasteiger partial charge in [-0.25, -0.2) is 4.68 Å². The molecule has 1 aromatic heterocycles. The number of aromatic nitrogens is 1. The Morgan fingerprint density at radius 1 is 1.25 bits per heavy atom. The van der Waals surface area contributed by atoms with Crippen LogP contribution in [-0.4, -0.2) is 4.68 Å². The lowest BCUT2D eigenvalue weighted by molar-refractivity contribution is -0.136. The van der Waals surface area contributed by atoms with Crippen molar-refractivity contribution in [1.82, 2.24) is 4.68 Å². The number of nitrogens with zero attached hydrogens (tertiary/aromatic N) is 1. The van der Waals surface area contributed by atoms with Crippen LogP contribution in [0.4, 0.5) is 13.2 Å². The van der Waals surface area contributed by atoms with Crippen molar-refractivity contribution in [2.24, 2.45) is 5.92 Å². The maximum absolute atomic E-state index is 13.0. The van der Waals surface area contributed by atoms with Crippen LogP contribution in [0.2, 0.25) is 0 Å². The molecule has 3 nitrogen and oxygen atoms in total. The highest BCUT2D eigenvalue weighted by molar-refractivity contribution is 5.83. The first kappa shape index (κ1) is 14.4. The zero-order chi connectivity index (χ0) is 15.1. The molecule has 0 aliphatic heterocycles. The normalized spacial score (nSPS) is 12.3. The van der Waals surface area contributed by atoms with E-state index in [0.717, 1.165) is 10.2 Å². The van der Waals surface area contributed by atoms with Crippen molar-refractivity contribution >= 4 is 10.9 Å². The summed E-state index contributed by atoms with van der Waals surface area (Å²) in [6.45, 7) is 4.01. The van der Waals surface area contributed by atoms with Gasteiger partial charge in [-0.15, -0.1) is 0 Å². The Kier molecular flexibility index (Phi) is 3.50. The number of hydrogen-bond donors (Lipinski definition) is 1. The molecule has 1 heterocycles. The largest absolute Gasteiger partial charge is 0.417 e. The third kappa shape index (κ3) is 2.64. The molecular weight excluding hydrogens is 269 g/mol. The molecule has 0 fully saturated rings. The Balaban J connectivity index is 2.75. The quantitative estimate of drug-likeness (QED) is 0.862. The van der Waals surface area contributed by atoms with E-state index in [1.807, 2.05) is 13.8 Å². The van der Waals surface area contributed by atoms with Crippen LogP contribution < -0.4 is 11.4 Å². The number of hydrogen-bond acceptors (Lipinski definition) is 2. The van der Waals surface area contributed by atoms with Gasteiger partial charge in [0, 0.05) is 11.5 Å². The summed E-state index contributed by atoms with van der Waals surface area (Å²) in [6, 6.07) is 5.09. The molecule has 6 heteroatoms. The Labute approximate surface area is 113 Å². The average molecular weight is 284 g/mol. The zero-order valence-corrected chi connectivity index (χ0v) is 11.2. The van der Waals surface area contributed by atoms with Gasteiger partial charge in [0.2, 0.25) is 0 Å². The summed E-state index contributed by atoms with van der Waals surface area (Å²) in [5, 5.41) is -0.0629. The number of nitrogens with two attached hydrogens (primary N) is 1. The molecule has 0 unspecified atom stereocenters. The van der Waals surface area contributed by atoms with Crippen molar-refractivity contribution in [3.05, 3.63) is 45.7 Å². The lowest BCUT2D eigenvalue weighted by Gasteiger charge is -2.14. The SMILES string of the molecule is CC(C)Cc1ccc2c(C(F)(F)F)cc(=O)n(N)c2c1. The summed E-state index contributed by atoms with van der Waals surface area (Å²) in [6.07, 6.45) is -3.87. The van der Waals surface area contributed by atoms with Gasteiger partial charge < -0.3 is 5.84 Å². The number of alkyl halides is 3. The van der Waals surface area contributed by atoms with E-state index in [-0.39, 0.29) is 10.9 Å². The molecule has 0 spiro atoms. The molecule has 0 aliphatic carbocycles. The molecule has 0 radical (unpaired) electrons. The molecule has 0 saturated heterocycles. The molecule has 0 aliphatic rings. The molecule has 0 amide bonds. The first-order valence-electron chi connectivity index (χ1n) is 6.21. The van der Waals surface area contributed by atoms with E-state index in [9.17, 15) is 18.0 Å².